The van der Waals surface area contributed by atoms with Crippen LogP contribution < -0.4 is 16.0 Å². The second kappa shape index (κ2) is 8.64. The monoisotopic (exact) mass is 442 g/mol. The van der Waals surface area contributed by atoms with E-state index in [4.69, 9.17) is 9.97 Å². The van der Waals surface area contributed by atoms with Crippen LogP contribution in [0.1, 0.15) is 12.8 Å². The predicted molar refractivity (Wildman–Crippen MR) is 120 cm³/mol. The number of aliphatic hydroxyl groups excluding tert-OH is 3. The molecule has 1 aromatic carbocycles. The van der Waals surface area contributed by atoms with Crippen LogP contribution in [0.4, 0.5) is 11.8 Å². The number of hydrogen-bond donors (Lipinski definition) is 6. The molecule has 0 radical (unpaired) electrons. The lowest BCUT2D eigenvalue weighted by Gasteiger charge is -2.21. The molecule has 2 fully saturated rings. The number of aliphatic hydroxyl groups is 3. The molecule has 31 heavy (non-hydrogen) atoms. The van der Waals surface area contributed by atoms with Gasteiger partial charge in [0.2, 0.25) is 5.95 Å². The standard InChI is InChI=1S/C21H26N6O3S/c28-10-11-7-15(18(30)17(11)29)25-19-13(20-26-14-3-1-2-4-16(14)31-20)9-23-21(27-19)24-12-5-6-22-8-12/h1-4,9,11-12,15,17-18,22,28-30H,5-8,10H2,(H2,23,24,25,27)/t11-,12+,15-,17-,18+/m1/s1. The summed E-state index contributed by atoms with van der Waals surface area (Å²) in [5.41, 5.74) is 1.65. The first-order chi connectivity index (χ1) is 15.1. The van der Waals surface area contributed by atoms with Crippen LogP contribution >= 0.6 is 11.3 Å². The van der Waals surface area contributed by atoms with Gasteiger partial charge < -0.3 is 31.3 Å². The maximum atomic E-state index is 10.5. The molecule has 0 unspecified atom stereocenters. The number of benzene rings is 1. The molecule has 0 bridgehead atoms. The number of nitrogens with zero attached hydrogens (tertiary/aromatic N) is 3. The molecule has 3 heterocycles. The third kappa shape index (κ3) is 4.09. The van der Waals surface area contributed by atoms with Crippen molar-refractivity contribution in [1.82, 2.24) is 20.3 Å². The van der Waals surface area contributed by atoms with Gasteiger partial charge in [-0.05, 0) is 31.5 Å². The van der Waals surface area contributed by atoms with Gasteiger partial charge in [0.05, 0.1) is 27.9 Å². The van der Waals surface area contributed by atoms with Crippen molar-refractivity contribution in [2.45, 2.75) is 37.1 Å². The molecule has 5 atom stereocenters. The molecule has 1 aliphatic carbocycles. The van der Waals surface area contributed by atoms with Crippen LogP contribution in [0.15, 0.2) is 30.5 Å². The predicted octanol–water partition coefficient (Wildman–Crippen LogP) is 1.04. The molecule has 6 N–H and O–H groups in total. The van der Waals surface area contributed by atoms with E-state index in [0.717, 1.165) is 40.3 Å². The van der Waals surface area contributed by atoms with E-state index >= 15 is 0 Å². The van der Waals surface area contributed by atoms with Crippen molar-refractivity contribution in [3.05, 3.63) is 30.5 Å². The van der Waals surface area contributed by atoms with Crippen molar-refractivity contribution >= 4 is 33.3 Å². The van der Waals surface area contributed by atoms with Crippen LogP contribution in [0.2, 0.25) is 0 Å². The number of hydrogen-bond acceptors (Lipinski definition) is 10. The molecule has 10 heteroatoms. The fourth-order valence-electron chi connectivity index (χ4n) is 4.29. The lowest BCUT2D eigenvalue weighted by atomic mass is 10.1. The van der Waals surface area contributed by atoms with E-state index in [0.29, 0.717) is 18.2 Å². The van der Waals surface area contributed by atoms with E-state index in [9.17, 15) is 15.3 Å². The fourth-order valence-corrected chi connectivity index (χ4v) is 5.27. The minimum absolute atomic E-state index is 0.174. The van der Waals surface area contributed by atoms with E-state index in [1.165, 1.54) is 0 Å². The molecule has 0 spiro atoms. The second-order valence-corrected chi connectivity index (χ2v) is 9.22. The smallest absolute Gasteiger partial charge is 0.224 e. The molecule has 3 aromatic rings. The Balaban J connectivity index is 1.49. The molecule has 164 valence electrons. The Hall–Kier alpha value is -2.37. The lowest BCUT2D eigenvalue weighted by Crippen LogP contribution is -2.35. The van der Waals surface area contributed by atoms with Crippen molar-refractivity contribution in [3.63, 3.8) is 0 Å². The first kappa shape index (κ1) is 20.5. The summed E-state index contributed by atoms with van der Waals surface area (Å²) in [5, 5.41) is 41.0. The number of anilines is 2. The van der Waals surface area contributed by atoms with E-state index in [1.54, 1.807) is 17.5 Å². The number of nitrogens with one attached hydrogen (secondary N) is 3. The number of para-hydroxylation sites is 1. The quantitative estimate of drug-likeness (QED) is 0.331. The topological polar surface area (TPSA) is 135 Å². The number of aromatic nitrogens is 3. The summed E-state index contributed by atoms with van der Waals surface area (Å²) < 4.78 is 1.07. The molecular formula is C21H26N6O3S. The summed E-state index contributed by atoms with van der Waals surface area (Å²) in [6.45, 7) is 1.64. The molecule has 5 rings (SSSR count). The van der Waals surface area contributed by atoms with E-state index in [-0.39, 0.29) is 18.6 Å². The van der Waals surface area contributed by atoms with Gasteiger partial charge in [-0.1, -0.05) is 12.1 Å². The van der Waals surface area contributed by atoms with Crippen molar-refractivity contribution in [2.24, 2.45) is 5.92 Å². The van der Waals surface area contributed by atoms with Crippen LogP contribution in [0, 0.1) is 5.92 Å². The van der Waals surface area contributed by atoms with Crippen LogP contribution in [-0.4, -0.2) is 74.3 Å². The summed E-state index contributed by atoms with van der Waals surface area (Å²) in [7, 11) is 0. The largest absolute Gasteiger partial charge is 0.396 e. The molecule has 1 saturated heterocycles. The van der Waals surface area contributed by atoms with Gasteiger partial charge >= 0.3 is 0 Å². The zero-order valence-electron chi connectivity index (χ0n) is 16.9. The van der Waals surface area contributed by atoms with E-state index in [2.05, 4.69) is 20.9 Å². The zero-order valence-corrected chi connectivity index (χ0v) is 17.7. The lowest BCUT2D eigenvalue weighted by molar-refractivity contribution is 0.00446. The highest BCUT2D eigenvalue weighted by molar-refractivity contribution is 7.21. The number of thiazole rings is 1. The molecule has 1 saturated carbocycles. The Morgan fingerprint density at radius 2 is 2.00 bits per heavy atom. The average molecular weight is 443 g/mol. The van der Waals surface area contributed by atoms with E-state index < -0.39 is 18.2 Å². The highest BCUT2D eigenvalue weighted by Gasteiger charge is 2.41. The minimum atomic E-state index is -0.995. The highest BCUT2D eigenvalue weighted by atomic mass is 32.1. The Kier molecular flexibility index (Phi) is 5.72. The van der Waals surface area contributed by atoms with Gasteiger partial charge in [-0.15, -0.1) is 11.3 Å². The second-order valence-electron chi connectivity index (χ2n) is 8.19. The highest BCUT2D eigenvalue weighted by Crippen LogP contribution is 2.36. The van der Waals surface area contributed by atoms with Gasteiger partial charge in [0.25, 0.3) is 0 Å². The van der Waals surface area contributed by atoms with Gasteiger partial charge in [0.15, 0.2) is 0 Å². The van der Waals surface area contributed by atoms with Gasteiger partial charge in [0, 0.05) is 31.3 Å². The van der Waals surface area contributed by atoms with Gasteiger partial charge in [-0.3, -0.25) is 0 Å². The molecular weight excluding hydrogens is 416 g/mol. The van der Waals surface area contributed by atoms with Gasteiger partial charge in [0.1, 0.15) is 16.9 Å². The minimum Gasteiger partial charge on any atom is -0.396 e. The SMILES string of the molecule is OC[C@H]1C[C@@H](Nc2nc(N[C@H]3CCNC3)ncc2-c2nc3ccccc3s2)[C@H](O)[C@@H]1O. The maximum Gasteiger partial charge on any atom is 0.224 e. The van der Waals surface area contributed by atoms with Gasteiger partial charge in [-0.2, -0.15) is 4.98 Å². The first-order valence-corrected chi connectivity index (χ1v) is 11.4. The van der Waals surface area contributed by atoms with E-state index in [1.807, 2.05) is 24.3 Å². The number of fused-ring (bicyclic) bond motifs is 1. The Morgan fingerprint density at radius 1 is 1.13 bits per heavy atom. The fraction of sp³-hybridized carbons (Fsp3) is 0.476. The van der Waals surface area contributed by atoms with Gasteiger partial charge in [-0.25, -0.2) is 9.97 Å². The van der Waals surface area contributed by atoms with Crippen LogP contribution in [0.25, 0.3) is 20.8 Å². The summed E-state index contributed by atoms with van der Waals surface area (Å²) >= 11 is 1.55. The van der Waals surface area contributed by atoms with Crippen molar-refractivity contribution in [1.29, 1.82) is 0 Å². The normalized spacial score (nSPS) is 28.3. The van der Waals surface area contributed by atoms with Crippen molar-refractivity contribution in [2.75, 3.05) is 30.3 Å². The molecule has 2 aliphatic rings. The maximum absolute atomic E-state index is 10.5. The zero-order chi connectivity index (χ0) is 21.4. The van der Waals surface area contributed by atoms with Crippen molar-refractivity contribution < 1.29 is 15.3 Å². The number of rotatable bonds is 6. The molecule has 0 amide bonds. The summed E-state index contributed by atoms with van der Waals surface area (Å²) in [4.78, 5) is 14.0. The summed E-state index contributed by atoms with van der Waals surface area (Å²) in [5.74, 6) is 0.688. The van der Waals surface area contributed by atoms with Crippen LogP contribution in [-0.2, 0) is 0 Å². The molecule has 9 nitrogen and oxygen atoms in total. The third-order valence-corrected chi connectivity index (χ3v) is 7.13. The Morgan fingerprint density at radius 3 is 2.74 bits per heavy atom. The van der Waals surface area contributed by atoms with Crippen molar-refractivity contribution in [3.8, 4) is 10.6 Å². The summed E-state index contributed by atoms with van der Waals surface area (Å²) in [6, 6.07) is 7.75. The Bertz CT molecular complexity index is 1020. The molecule has 1 aliphatic heterocycles. The van der Waals surface area contributed by atoms with Crippen LogP contribution in [0.3, 0.4) is 0 Å². The third-order valence-electron chi connectivity index (χ3n) is 6.07. The first-order valence-electron chi connectivity index (χ1n) is 10.6. The molecule has 2 aromatic heterocycles. The summed E-state index contributed by atoms with van der Waals surface area (Å²) in [6.07, 6.45) is 1.22. The Labute approximate surface area is 183 Å². The van der Waals surface area contributed by atoms with Crippen LogP contribution in [0.5, 0.6) is 0 Å². The average Bonchev–Trinajstić information content (AvgIpc) is 3.50.